The molecule has 3 aliphatic rings. The third kappa shape index (κ3) is 3.17. The van der Waals surface area contributed by atoms with E-state index >= 15 is 0 Å². The van der Waals surface area contributed by atoms with Crippen molar-refractivity contribution in [3.63, 3.8) is 0 Å². The van der Waals surface area contributed by atoms with Crippen LogP contribution in [-0.2, 0) is 17.8 Å². The molecule has 5 N–H and O–H groups in total. The molecule has 2 atom stereocenters. The second kappa shape index (κ2) is 8.04. The second-order valence-corrected chi connectivity index (χ2v) is 10.3. The molecule has 7 rings (SSSR count). The standard InChI is InChI=1S/C28H18O14/c1-7-3-9(29)8-6-38-23-17(22(8)39-7)16(27(36)37)21(33)25-18(23)24-14-12(5-28(2,41-24)42-25)40-11-4-10(30)19(31)15(26(34)35)13(11)20(14)32/h3-4,24,30-31,33H,5-6H2,1-2H3,(H,34,35)(H,36,37)/t24-,28-/m0/s1. The Morgan fingerprint density at radius 2 is 1.67 bits per heavy atom. The minimum atomic E-state index is -1.72. The number of carboxylic acid groups (broad SMARTS) is 2. The van der Waals surface area contributed by atoms with E-state index in [2.05, 4.69) is 0 Å². The van der Waals surface area contributed by atoms with Crippen molar-refractivity contribution in [1.82, 2.24) is 0 Å². The number of hydrogen-bond acceptors (Lipinski definition) is 12. The summed E-state index contributed by atoms with van der Waals surface area (Å²) in [7, 11) is 0. The van der Waals surface area contributed by atoms with E-state index in [0.29, 0.717) is 0 Å². The predicted octanol–water partition coefficient (Wildman–Crippen LogP) is 2.90. The lowest BCUT2D eigenvalue weighted by Crippen LogP contribution is -2.48. The van der Waals surface area contributed by atoms with Gasteiger partial charge in [0.1, 0.15) is 52.5 Å². The molecule has 2 aromatic carbocycles. The van der Waals surface area contributed by atoms with Gasteiger partial charge in [-0.3, -0.25) is 9.59 Å². The van der Waals surface area contributed by atoms with E-state index in [-0.39, 0.29) is 69.6 Å². The summed E-state index contributed by atoms with van der Waals surface area (Å²) in [6, 6.07) is 2.10. The van der Waals surface area contributed by atoms with E-state index in [0.717, 1.165) is 6.07 Å². The summed E-state index contributed by atoms with van der Waals surface area (Å²) in [6.45, 7) is 2.57. The first-order valence-electron chi connectivity index (χ1n) is 12.4. The van der Waals surface area contributed by atoms with E-state index < -0.39 is 68.4 Å². The van der Waals surface area contributed by atoms with Crippen molar-refractivity contribution >= 4 is 22.9 Å². The first kappa shape index (κ1) is 25.5. The van der Waals surface area contributed by atoms with Gasteiger partial charge in [0.05, 0.1) is 34.1 Å². The quantitative estimate of drug-likeness (QED) is 0.216. The molecule has 42 heavy (non-hydrogen) atoms. The summed E-state index contributed by atoms with van der Waals surface area (Å²) in [5.41, 5.74) is -4.01. The van der Waals surface area contributed by atoms with Gasteiger partial charge in [0, 0.05) is 19.1 Å². The van der Waals surface area contributed by atoms with E-state index in [1.54, 1.807) is 0 Å². The molecule has 14 heteroatoms. The van der Waals surface area contributed by atoms with Gasteiger partial charge in [-0.15, -0.1) is 0 Å². The van der Waals surface area contributed by atoms with Crippen molar-refractivity contribution in [2.45, 2.75) is 38.8 Å². The fraction of sp³-hybridized carbons (Fsp3) is 0.214. The molecule has 0 saturated heterocycles. The molecule has 0 fully saturated rings. The van der Waals surface area contributed by atoms with Crippen LogP contribution < -0.4 is 20.3 Å². The number of fused-ring (bicyclic) bond motifs is 11. The van der Waals surface area contributed by atoms with Gasteiger partial charge in [0.2, 0.25) is 5.79 Å². The van der Waals surface area contributed by atoms with Crippen molar-refractivity contribution in [3.05, 3.63) is 71.9 Å². The summed E-state index contributed by atoms with van der Waals surface area (Å²) in [5.74, 6) is -8.29. The monoisotopic (exact) mass is 578 g/mol. The number of aromatic carboxylic acids is 2. The summed E-state index contributed by atoms with van der Waals surface area (Å²) in [5, 5.41) is 51.0. The van der Waals surface area contributed by atoms with Gasteiger partial charge in [0.25, 0.3) is 0 Å². The molecule has 2 bridgehead atoms. The molecule has 0 amide bonds. The Hall–Kier alpha value is -5.50. The summed E-state index contributed by atoms with van der Waals surface area (Å²) in [4.78, 5) is 51.2. The number of hydrogen-bond donors (Lipinski definition) is 5. The van der Waals surface area contributed by atoms with E-state index in [4.69, 9.17) is 23.0 Å². The average Bonchev–Trinajstić information content (AvgIpc) is 2.89. The number of aromatic hydroxyl groups is 3. The van der Waals surface area contributed by atoms with Crippen molar-refractivity contribution < 1.29 is 58.2 Å². The third-order valence-electron chi connectivity index (χ3n) is 7.54. The molecule has 214 valence electrons. The van der Waals surface area contributed by atoms with Crippen LogP contribution in [-0.4, -0.2) is 43.3 Å². The first-order valence-corrected chi connectivity index (χ1v) is 12.4. The van der Waals surface area contributed by atoms with Crippen molar-refractivity contribution in [3.8, 4) is 40.1 Å². The summed E-state index contributed by atoms with van der Waals surface area (Å²) in [6.07, 6.45) is -1.73. The van der Waals surface area contributed by atoms with Gasteiger partial charge in [0.15, 0.2) is 33.9 Å². The molecule has 0 saturated carbocycles. The zero-order chi connectivity index (χ0) is 30.0. The highest BCUT2D eigenvalue weighted by atomic mass is 16.7. The van der Waals surface area contributed by atoms with Crippen LogP contribution in [0.1, 0.15) is 62.0 Å². The zero-order valence-corrected chi connectivity index (χ0v) is 21.6. The van der Waals surface area contributed by atoms with Gasteiger partial charge < -0.3 is 48.6 Å². The van der Waals surface area contributed by atoms with Crippen LogP contribution in [0.2, 0.25) is 0 Å². The van der Waals surface area contributed by atoms with Crippen LogP contribution in [0.3, 0.4) is 0 Å². The maximum Gasteiger partial charge on any atom is 0.340 e. The minimum absolute atomic E-state index is 0.00614. The van der Waals surface area contributed by atoms with Gasteiger partial charge in [-0.25, -0.2) is 9.59 Å². The highest BCUT2D eigenvalue weighted by Crippen LogP contribution is 2.59. The molecule has 0 radical (unpaired) electrons. The Morgan fingerprint density at radius 3 is 2.36 bits per heavy atom. The molecule has 0 spiro atoms. The lowest BCUT2D eigenvalue weighted by Gasteiger charge is -2.44. The van der Waals surface area contributed by atoms with Gasteiger partial charge in [-0.2, -0.15) is 0 Å². The number of carboxylic acids is 2. The van der Waals surface area contributed by atoms with Crippen LogP contribution >= 0.6 is 0 Å². The number of rotatable bonds is 2. The van der Waals surface area contributed by atoms with Crippen LogP contribution in [0.4, 0.5) is 0 Å². The molecular formula is C28H18O14. The highest BCUT2D eigenvalue weighted by Gasteiger charge is 2.52. The normalized spacial score (nSPS) is 19.5. The molecule has 0 aliphatic carbocycles. The molecule has 0 unspecified atom stereocenters. The molecule has 4 aromatic rings. The Kier molecular flexibility index (Phi) is 4.87. The average molecular weight is 578 g/mol. The van der Waals surface area contributed by atoms with Crippen molar-refractivity contribution in [1.29, 1.82) is 0 Å². The minimum Gasteiger partial charge on any atom is -0.504 e. The van der Waals surface area contributed by atoms with Crippen molar-refractivity contribution in [2.24, 2.45) is 0 Å². The van der Waals surface area contributed by atoms with Gasteiger partial charge in [-0.05, 0) is 6.92 Å². The van der Waals surface area contributed by atoms with Crippen LogP contribution in [0.15, 0.2) is 30.6 Å². The molecule has 3 aliphatic heterocycles. The lowest BCUT2D eigenvalue weighted by molar-refractivity contribution is -0.220. The number of carbonyl (C=O) groups is 2. The Morgan fingerprint density at radius 1 is 0.952 bits per heavy atom. The number of phenols is 3. The van der Waals surface area contributed by atoms with Crippen LogP contribution in [0.25, 0.3) is 22.3 Å². The fourth-order valence-electron chi connectivity index (χ4n) is 5.86. The van der Waals surface area contributed by atoms with Gasteiger partial charge >= 0.3 is 11.9 Å². The second-order valence-electron chi connectivity index (χ2n) is 10.3. The Labute approximate surface area is 232 Å². The number of aryl methyl sites for hydroxylation is 1. The summed E-state index contributed by atoms with van der Waals surface area (Å²) >= 11 is 0. The number of benzene rings is 2. The maximum atomic E-state index is 14.0. The molecule has 2 aromatic heterocycles. The lowest BCUT2D eigenvalue weighted by atomic mass is 9.85. The number of phenolic OH excluding ortho intramolecular Hbond substituents is 1. The van der Waals surface area contributed by atoms with Crippen LogP contribution in [0.5, 0.6) is 28.7 Å². The zero-order valence-electron chi connectivity index (χ0n) is 21.6. The number of ether oxygens (including phenoxy) is 3. The SMILES string of the molecule is Cc1cc(=O)c2c(o1)-c1c(c3c(c(O)c1C(=O)O)O[C@@]1(C)Cc4oc5cc(O)c(O)c(C(=O)O)c5c(=O)c4[C@@H]3O1)OC2. The topological polar surface area (TPSA) is 223 Å². The fourth-order valence-corrected chi connectivity index (χ4v) is 5.86. The van der Waals surface area contributed by atoms with E-state index in [9.17, 15) is 44.7 Å². The van der Waals surface area contributed by atoms with Gasteiger partial charge in [-0.1, -0.05) is 0 Å². The first-order chi connectivity index (χ1) is 19.8. The largest absolute Gasteiger partial charge is 0.504 e. The Balaban J connectivity index is 1.62. The Bertz CT molecular complexity index is 2080. The molecule has 5 heterocycles. The smallest absolute Gasteiger partial charge is 0.340 e. The maximum absolute atomic E-state index is 14.0. The van der Waals surface area contributed by atoms with E-state index in [1.807, 2.05) is 0 Å². The summed E-state index contributed by atoms with van der Waals surface area (Å²) < 4.78 is 29.6. The van der Waals surface area contributed by atoms with Crippen LogP contribution in [0, 0.1) is 6.92 Å². The van der Waals surface area contributed by atoms with Crippen molar-refractivity contribution in [2.75, 3.05) is 0 Å². The molecular weight excluding hydrogens is 560 g/mol. The third-order valence-corrected chi connectivity index (χ3v) is 7.54. The predicted molar refractivity (Wildman–Crippen MR) is 137 cm³/mol. The molecule has 14 nitrogen and oxygen atoms in total. The highest BCUT2D eigenvalue weighted by molar-refractivity contribution is 6.06. The van der Waals surface area contributed by atoms with E-state index in [1.165, 1.54) is 19.9 Å².